The molecule has 0 heterocycles. The first-order valence-electron chi connectivity index (χ1n) is 14.9. The average molecular weight is 950 g/mol. The number of alkyl halides is 21. The molecular weight excluding hydrogens is 911 g/mol. The van der Waals surface area contributed by atoms with Crippen LogP contribution in [0.1, 0.15) is 81.6 Å². The van der Waals surface area contributed by atoms with Gasteiger partial charge >= 0.3 is 88.8 Å². The molecule has 0 spiro atoms. The van der Waals surface area contributed by atoms with E-state index in [1.54, 1.807) is 0 Å². The fraction of sp³-hybridized carbons (Fsp3) is 0.800. The van der Waals surface area contributed by atoms with Gasteiger partial charge in [0.2, 0.25) is 0 Å². The van der Waals surface area contributed by atoms with Crippen molar-refractivity contribution in [1.29, 1.82) is 0 Å². The Morgan fingerprint density at radius 1 is 0.276 bits per heavy atom. The molecule has 0 aliphatic carbocycles. The first kappa shape index (κ1) is 61.7. The molecule has 0 amide bonds. The van der Waals surface area contributed by atoms with Gasteiger partial charge < -0.3 is 0 Å². The van der Waals surface area contributed by atoms with Crippen molar-refractivity contribution in [3.05, 3.63) is 0 Å². The summed E-state index contributed by atoms with van der Waals surface area (Å²) in [7, 11) is 0. The summed E-state index contributed by atoms with van der Waals surface area (Å²) in [5.41, 5.74) is -3.47. The fourth-order valence-corrected chi connectivity index (χ4v) is 2.68. The molecule has 0 aromatic heterocycles. The van der Waals surface area contributed by atoms with Gasteiger partial charge in [0.15, 0.2) is 19.3 Å². The topological polar surface area (TPSA) is 128 Å². The van der Waals surface area contributed by atoms with E-state index in [0.29, 0.717) is 0 Å². The van der Waals surface area contributed by atoms with Crippen LogP contribution in [0.3, 0.4) is 0 Å². The number of rotatable bonds is 12. The number of hydrogen-bond donors (Lipinski definition) is 0. The zero-order valence-electron chi connectivity index (χ0n) is 31.1. The van der Waals surface area contributed by atoms with Crippen LogP contribution in [0.2, 0.25) is 0 Å². The Balaban J connectivity index is -0.000000374. The third-order valence-corrected chi connectivity index (χ3v) is 6.94. The summed E-state index contributed by atoms with van der Waals surface area (Å²) in [6, 6.07) is 0. The van der Waals surface area contributed by atoms with Crippen molar-refractivity contribution in [2.75, 3.05) is 0 Å². The molecule has 0 aliphatic heterocycles. The summed E-state index contributed by atoms with van der Waals surface area (Å²) < 4.78 is 260. The van der Waals surface area contributed by atoms with Gasteiger partial charge in [0.25, 0.3) is 0 Å². The number of halogens is 21. The Hall–Kier alpha value is -2.93. The van der Waals surface area contributed by atoms with Gasteiger partial charge in [0, 0.05) is 17.1 Å². The van der Waals surface area contributed by atoms with Gasteiger partial charge in [0.05, 0.1) is 16.2 Å². The van der Waals surface area contributed by atoms with Gasteiger partial charge in [0.1, 0.15) is 0 Å². The molecule has 0 fully saturated rings. The van der Waals surface area contributed by atoms with Crippen LogP contribution < -0.4 is 0 Å². The molecule has 0 aromatic rings. The van der Waals surface area contributed by atoms with E-state index < -0.39 is 124 Å². The van der Waals surface area contributed by atoms with Crippen molar-refractivity contribution in [2.24, 2.45) is 16.2 Å². The number of carbonyl (C=O) groups excluding carboxylic acids is 6. The minimum atomic E-state index is -6.53. The molecule has 58 heavy (non-hydrogen) atoms. The van der Waals surface area contributed by atoms with Crippen molar-refractivity contribution >= 4 is 34.7 Å². The quantitative estimate of drug-likeness (QED) is 0.0799. The fourth-order valence-electron chi connectivity index (χ4n) is 2.68. The van der Waals surface area contributed by atoms with Crippen LogP contribution in [0.15, 0.2) is 0 Å². The molecule has 0 saturated carbocycles. The molecule has 0 rings (SSSR count). The van der Waals surface area contributed by atoms with E-state index in [2.05, 4.69) is 0 Å². The zero-order chi connectivity index (χ0) is 47.6. The summed E-state index contributed by atoms with van der Waals surface area (Å²) in [6.45, 7) is 11.7. The van der Waals surface area contributed by atoms with Gasteiger partial charge in [-0.2, -0.15) is 92.2 Å². The van der Waals surface area contributed by atoms with E-state index in [1.165, 1.54) is 62.3 Å². The minimum Gasteiger partial charge on any atom is -0.282 e. The molecular formula is C30H39F21FeO6+6. The molecule has 0 bridgehead atoms. The van der Waals surface area contributed by atoms with Crippen molar-refractivity contribution in [2.45, 2.75) is 136 Å². The van der Waals surface area contributed by atoms with E-state index in [9.17, 15) is 107 Å². The summed E-state index contributed by atoms with van der Waals surface area (Å²) in [5, 5.41) is 0. The summed E-state index contributed by atoms with van der Waals surface area (Å²) in [4.78, 5) is 54.2. The van der Waals surface area contributed by atoms with Crippen LogP contribution in [0, 0.1) is 16.2 Å². The Bertz CT molecular complexity index is 1310. The van der Waals surface area contributed by atoms with Crippen LogP contribution in [-0.4, -0.2) is 118 Å². The molecule has 6 N–H and O–H groups in total. The Morgan fingerprint density at radius 3 is 0.483 bits per heavy atom. The monoisotopic (exact) mass is 950 g/mol. The molecule has 344 valence electrons. The molecule has 0 saturated heterocycles. The van der Waals surface area contributed by atoms with Gasteiger partial charge in [-0.1, -0.05) is 0 Å². The predicted octanol–water partition coefficient (Wildman–Crippen LogP) is 10.0. The molecule has 6 nitrogen and oxygen atoms in total. The summed E-state index contributed by atoms with van der Waals surface area (Å²) in [5.74, 6) is -46.6. The maximum atomic E-state index is 13.0. The normalized spacial score (nSPS) is 14.2. The molecule has 28 heteroatoms. The van der Waals surface area contributed by atoms with Crippen molar-refractivity contribution in [3.63, 3.8) is 0 Å². The first-order chi connectivity index (χ1) is 24.1. The van der Waals surface area contributed by atoms with Crippen LogP contribution in [0.5, 0.6) is 0 Å². The maximum absolute atomic E-state index is 13.0. The van der Waals surface area contributed by atoms with Crippen molar-refractivity contribution in [1.82, 2.24) is 0 Å². The van der Waals surface area contributed by atoms with Crippen LogP contribution >= 0.6 is 0 Å². The van der Waals surface area contributed by atoms with Gasteiger partial charge in [-0.05, 0) is 62.3 Å². The average Bonchev–Trinajstić information content (AvgIpc) is 2.93. The Labute approximate surface area is 324 Å². The standard InChI is InChI=1S/3C10H11F7O2.Fe/c3*1-7(2,3)5(18)4-6(19)8(11,12)9(13,14)10(15,16)17;/h3*4H2,1-3H3;/p+6. The van der Waals surface area contributed by atoms with Crippen LogP contribution in [0.4, 0.5) is 92.2 Å². The Kier molecular flexibility index (Phi) is 20.0. The van der Waals surface area contributed by atoms with Gasteiger partial charge in [-0.25, -0.2) is 0 Å². The second kappa shape index (κ2) is 18.8. The van der Waals surface area contributed by atoms with E-state index >= 15 is 0 Å². The van der Waals surface area contributed by atoms with E-state index in [1.807, 2.05) is 0 Å². The van der Waals surface area contributed by atoms with E-state index in [4.69, 9.17) is 14.4 Å². The molecule has 0 atom stereocenters. The zero-order valence-corrected chi connectivity index (χ0v) is 32.2. The summed E-state index contributed by atoms with van der Waals surface area (Å²) >= 11 is 0. The molecule has 0 aromatic carbocycles. The summed E-state index contributed by atoms with van der Waals surface area (Å²) in [6.07, 6.45) is -24.0. The number of hydrogen-bond acceptors (Lipinski definition) is 0. The molecule has 0 unspecified atom stereocenters. The second-order valence-electron chi connectivity index (χ2n) is 14.9. The van der Waals surface area contributed by atoms with Crippen molar-refractivity contribution in [3.8, 4) is 0 Å². The smallest absolute Gasteiger partial charge is 0.282 e. The first-order valence-corrected chi connectivity index (χ1v) is 14.9. The van der Waals surface area contributed by atoms with Gasteiger partial charge in [-0.3, -0.25) is 28.8 Å². The molecule has 0 radical (unpaired) electrons. The molecule has 0 aliphatic rings. The maximum Gasteiger partial charge on any atom is 0.460 e. The van der Waals surface area contributed by atoms with E-state index in [0.717, 1.165) is 0 Å². The second-order valence-corrected chi connectivity index (χ2v) is 14.9. The van der Waals surface area contributed by atoms with E-state index in [-0.39, 0.29) is 17.1 Å². The third-order valence-electron chi connectivity index (χ3n) is 6.94. The Morgan fingerprint density at radius 2 is 0.397 bits per heavy atom. The number of ketones is 6. The predicted molar refractivity (Wildman–Crippen MR) is 162 cm³/mol. The minimum absolute atomic E-state index is 0. The van der Waals surface area contributed by atoms with Crippen molar-refractivity contribution < 1.29 is 138 Å². The largest absolute Gasteiger partial charge is 0.460 e. The van der Waals surface area contributed by atoms with Gasteiger partial charge in [-0.15, -0.1) is 0 Å². The van der Waals surface area contributed by atoms with Crippen LogP contribution in [0.25, 0.3) is 0 Å². The SMILES string of the molecule is CC(C)(C)C(=[OH+])CC(=[OH+])C(F)(F)C(F)(F)C(F)(F)F.CC(C)(C)C(=[OH+])CC(=[OH+])C(F)(F)C(F)(F)C(F)(F)F.CC(C)(C)C(=[OH+])CC(=[OH+])C(F)(F)C(F)(F)C(F)(F)F.[Fe]. The third kappa shape index (κ3) is 14.7. The van der Waals surface area contributed by atoms with Crippen LogP contribution in [-0.2, 0) is 17.1 Å².